The van der Waals surface area contributed by atoms with E-state index in [9.17, 15) is 4.79 Å². The molecule has 24 heavy (non-hydrogen) atoms. The van der Waals surface area contributed by atoms with Gasteiger partial charge in [0.25, 0.3) is 5.91 Å². The summed E-state index contributed by atoms with van der Waals surface area (Å²) in [6.07, 6.45) is 5.85. The molecule has 1 aromatic heterocycles. The Hall–Kier alpha value is -2.54. The van der Waals surface area contributed by atoms with Crippen LogP contribution in [-0.4, -0.2) is 22.2 Å². The van der Waals surface area contributed by atoms with E-state index in [2.05, 4.69) is 4.98 Å². The van der Waals surface area contributed by atoms with E-state index in [1.54, 1.807) is 23.8 Å². The predicted molar refractivity (Wildman–Crippen MR) is 91.5 cm³/mol. The fourth-order valence-electron chi connectivity index (χ4n) is 3.34. The number of aromatic nitrogens is 1. The number of ether oxygens (including phenoxy) is 1. The molecule has 1 amide bonds. The van der Waals surface area contributed by atoms with Crippen LogP contribution in [0.15, 0.2) is 24.4 Å². The zero-order valence-corrected chi connectivity index (χ0v) is 13.4. The minimum Gasteiger partial charge on any atom is -0.478 e. The van der Waals surface area contributed by atoms with Crippen LogP contribution in [0.2, 0.25) is 0 Å². The van der Waals surface area contributed by atoms with Crippen LogP contribution < -0.4 is 21.7 Å². The lowest BCUT2D eigenvalue weighted by Gasteiger charge is -2.29. The van der Waals surface area contributed by atoms with Gasteiger partial charge in [-0.1, -0.05) is 19.3 Å². The van der Waals surface area contributed by atoms with Crippen LogP contribution in [0.25, 0.3) is 10.8 Å². The van der Waals surface area contributed by atoms with Crippen molar-refractivity contribution in [2.24, 2.45) is 5.92 Å². The molecule has 128 valence electrons. The Bertz CT molecular complexity index is 744. The SMILES string of the molecule is Nc1cc2ccnc(N)c2cc1OC(C(=O)NO)C1CCCCC1. The number of pyridine rings is 1. The summed E-state index contributed by atoms with van der Waals surface area (Å²) in [6.45, 7) is 0. The van der Waals surface area contributed by atoms with Crippen molar-refractivity contribution >= 4 is 28.2 Å². The van der Waals surface area contributed by atoms with Crippen LogP contribution in [0.5, 0.6) is 5.75 Å². The van der Waals surface area contributed by atoms with E-state index in [1.165, 1.54) is 0 Å². The van der Waals surface area contributed by atoms with E-state index < -0.39 is 12.0 Å². The van der Waals surface area contributed by atoms with Crippen LogP contribution in [0.3, 0.4) is 0 Å². The number of nitrogen functional groups attached to an aromatic ring is 2. The Labute approximate surface area is 139 Å². The lowest BCUT2D eigenvalue weighted by molar-refractivity contribution is -0.139. The number of benzene rings is 1. The quantitative estimate of drug-likeness (QED) is 0.387. The molecular formula is C17H22N4O3. The first kappa shape index (κ1) is 16.3. The highest BCUT2D eigenvalue weighted by molar-refractivity contribution is 5.95. The molecule has 6 N–H and O–H groups in total. The summed E-state index contributed by atoms with van der Waals surface area (Å²) in [5.41, 5.74) is 14.1. The van der Waals surface area contributed by atoms with Gasteiger partial charge in [-0.05, 0) is 36.4 Å². The molecule has 1 heterocycles. The molecule has 0 radical (unpaired) electrons. The number of carbonyl (C=O) groups excluding carboxylic acids is 1. The molecule has 1 unspecified atom stereocenters. The second-order valence-corrected chi connectivity index (χ2v) is 6.22. The van der Waals surface area contributed by atoms with Crippen molar-refractivity contribution in [3.8, 4) is 5.75 Å². The van der Waals surface area contributed by atoms with Crippen molar-refractivity contribution in [3.63, 3.8) is 0 Å². The number of amides is 1. The molecule has 3 rings (SSSR count). The van der Waals surface area contributed by atoms with Gasteiger partial charge in [-0.25, -0.2) is 10.5 Å². The second kappa shape index (κ2) is 6.92. The average molecular weight is 330 g/mol. The normalized spacial score (nSPS) is 16.7. The Kier molecular flexibility index (Phi) is 4.71. The maximum Gasteiger partial charge on any atom is 0.284 e. The molecule has 2 aromatic rings. The minimum absolute atomic E-state index is 0.0484. The summed E-state index contributed by atoms with van der Waals surface area (Å²) < 4.78 is 5.92. The molecule has 0 bridgehead atoms. The van der Waals surface area contributed by atoms with E-state index in [-0.39, 0.29) is 5.92 Å². The number of hydrogen-bond donors (Lipinski definition) is 4. The van der Waals surface area contributed by atoms with Crippen LogP contribution in [0, 0.1) is 5.92 Å². The predicted octanol–water partition coefficient (Wildman–Crippen LogP) is 2.23. The smallest absolute Gasteiger partial charge is 0.284 e. The number of hydroxylamine groups is 1. The molecule has 1 atom stereocenters. The van der Waals surface area contributed by atoms with Crippen molar-refractivity contribution < 1.29 is 14.7 Å². The Morgan fingerprint density at radius 1 is 1.29 bits per heavy atom. The van der Waals surface area contributed by atoms with Crippen molar-refractivity contribution in [2.45, 2.75) is 38.2 Å². The molecule has 1 aromatic carbocycles. The van der Waals surface area contributed by atoms with Crippen LogP contribution in [0.4, 0.5) is 11.5 Å². The van der Waals surface area contributed by atoms with Gasteiger partial charge in [0.05, 0.1) is 5.69 Å². The van der Waals surface area contributed by atoms with Gasteiger partial charge in [0, 0.05) is 17.5 Å². The highest BCUT2D eigenvalue weighted by Gasteiger charge is 2.32. The molecule has 1 aliphatic carbocycles. The second-order valence-electron chi connectivity index (χ2n) is 6.22. The average Bonchev–Trinajstić information content (AvgIpc) is 2.60. The summed E-state index contributed by atoms with van der Waals surface area (Å²) >= 11 is 0. The third-order valence-electron chi connectivity index (χ3n) is 4.63. The monoisotopic (exact) mass is 330 g/mol. The molecule has 0 saturated heterocycles. The number of anilines is 2. The first-order valence-corrected chi connectivity index (χ1v) is 8.14. The molecule has 7 heteroatoms. The van der Waals surface area contributed by atoms with Gasteiger partial charge in [0.1, 0.15) is 11.6 Å². The summed E-state index contributed by atoms with van der Waals surface area (Å²) in [5, 5.41) is 10.6. The lowest BCUT2D eigenvalue weighted by atomic mass is 9.85. The molecule has 0 aliphatic heterocycles. The first-order valence-electron chi connectivity index (χ1n) is 8.14. The van der Waals surface area contributed by atoms with Gasteiger partial charge in [0.15, 0.2) is 6.10 Å². The molecular weight excluding hydrogens is 308 g/mol. The van der Waals surface area contributed by atoms with Crippen molar-refractivity contribution in [2.75, 3.05) is 11.5 Å². The van der Waals surface area contributed by atoms with E-state index >= 15 is 0 Å². The third kappa shape index (κ3) is 3.21. The summed E-state index contributed by atoms with van der Waals surface area (Å²) in [4.78, 5) is 16.2. The van der Waals surface area contributed by atoms with E-state index in [0.29, 0.717) is 22.6 Å². The van der Waals surface area contributed by atoms with E-state index in [4.69, 9.17) is 21.4 Å². The Morgan fingerprint density at radius 2 is 2.04 bits per heavy atom. The first-order chi connectivity index (χ1) is 11.6. The number of fused-ring (bicyclic) bond motifs is 1. The maximum absolute atomic E-state index is 12.1. The van der Waals surface area contributed by atoms with E-state index in [1.807, 2.05) is 6.07 Å². The van der Waals surface area contributed by atoms with Gasteiger partial charge < -0.3 is 16.2 Å². The number of nitrogens with two attached hydrogens (primary N) is 2. The molecule has 1 saturated carbocycles. The molecule has 1 aliphatic rings. The van der Waals surface area contributed by atoms with E-state index in [0.717, 1.165) is 37.5 Å². The van der Waals surface area contributed by atoms with Gasteiger partial charge >= 0.3 is 0 Å². The molecule has 7 nitrogen and oxygen atoms in total. The van der Waals surface area contributed by atoms with Crippen LogP contribution >= 0.6 is 0 Å². The van der Waals surface area contributed by atoms with Crippen molar-refractivity contribution in [3.05, 3.63) is 24.4 Å². The van der Waals surface area contributed by atoms with Crippen LogP contribution in [-0.2, 0) is 4.79 Å². The standard InChI is InChI=1S/C17H22N4O3/c18-13-8-11-6-7-20-16(19)12(11)9-14(13)24-15(17(22)21-23)10-4-2-1-3-5-10/h6-10,15,23H,1-5,18H2,(H2,19,20)(H,21,22). The summed E-state index contributed by atoms with van der Waals surface area (Å²) in [7, 11) is 0. The number of hydrogen-bond acceptors (Lipinski definition) is 6. The lowest BCUT2D eigenvalue weighted by Crippen LogP contribution is -2.42. The molecule has 1 fully saturated rings. The van der Waals surface area contributed by atoms with Gasteiger partial charge in [-0.15, -0.1) is 0 Å². The zero-order chi connectivity index (χ0) is 17.1. The molecule has 0 spiro atoms. The number of rotatable bonds is 4. The Balaban J connectivity index is 1.93. The van der Waals surface area contributed by atoms with Gasteiger partial charge in [0.2, 0.25) is 0 Å². The topological polar surface area (TPSA) is 123 Å². The number of carbonyl (C=O) groups is 1. The summed E-state index contributed by atoms with van der Waals surface area (Å²) in [6, 6.07) is 5.26. The number of nitrogens with one attached hydrogen (secondary N) is 1. The van der Waals surface area contributed by atoms with Gasteiger partial charge in [-0.2, -0.15) is 0 Å². The Morgan fingerprint density at radius 3 is 2.75 bits per heavy atom. The third-order valence-corrected chi connectivity index (χ3v) is 4.63. The van der Waals surface area contributed by atoms with Crippen molar-refractivity contribution in [1.29, 1.82) is 0 Å². The van der Waals surface area contributed by atoms with Gasteiger partial charge in [-0.3, -0.25) is 10.0 Å². The maximum atomic E-state index is 12.1. The fraction of sp³-hybridized carbons (Fsp3) is 0.412. The zero-order valence-electron chi connectivity index (χ0n) is 13.4. The summed E-state index contributed by atoms with van der Waals surface area (Å²) in [5.74, 6) is 0.243. The number of nitrogens with zero attached hydrogens (tertiary/aromatic N) is 1. The van der Waals surface area contributed by atoms with Crippen molar-refractivity contribution in [1.82, 2.24) is 10.5 Å². The fourth-order valence-corrected chi connectivity index (χ4v) is 3.34. The largest absolute Gasteiger partial charge is 0.478 e. The highest BCUT2D eigenvalue weighted by Crippen LogP contribution is 2.34. The van der Waals surface area contributed by atoms with Crippen LogP contribution in [0.1, 0.15) is 32.1 Å². The highest BCUT2D eigenvalue weighted by atomic mass is 16.5. The minimum atomic E-state index is -0.784.